The smallest absolute Gasteiger partial charge is 0.652 e. The van der Waals surface area contributed by atoms with Crippen LogP contribution in [0.5, 0.6) is 0 Å². The molecule has 0 spiro atoms. The van der Waals surface area contributed by atoms with Crippen molar-refractivity contribution in [3.63, 3.8) is 0 Å². The van der Waals surface area contributed by atoms with Crippen LogP contribution in [0.3, 0.4) is 0 Å². The third-order valence-electron chi connectivity index (χ3n) is 3.98. The van der Waals surface area contributed by atoms with Crippen LogP contribution < -0.4 is 44.9 Å². The number of carboxylic acids is 1. The molecule has 0 aromatic carbocycles. The van der Waals surface area contributed by atoms with Gasteiger partial charge in [-0.3, -0.25) is 0 Å². The molecule has 0 aromatic rings. The van der Waals surface area contributed by atoms with Crippen LogP contribution in [-0.4, -0.2) is 35.2 Å². The standard InChI is InChI=1S/C18H36O2.CH2O3.Mg.Na/c1-2-3-4-5-6-7-8-9-10-11-12-13-14-15-16-17-18(19)20;2-1(3)4;;/h2-17H2,1H3,(H,19,20);(H2,2,3,4);;/q;;+2;+1/p-3. The quantitative estimate of drug-likeness (QED) is 0.253. The van der Waals surface area contributed by atoms with Crippen molar-refractivity contribution in [3.05, 3.63) is 0 Å². The van der Waals surface area contributed by atoms with Crippen molar-refractivity contribution >= 4 is 35.2 Å². The molecule has 0 saturated carbocycles. The molecule has 26 heavy (non-hydrogen) atoms. The topological polar surface area (TPSA) is 103 Å². The third kappa shape index (κ3) is 44.2. The summed E-state index contributed by atoms with van der Waals surface area (Å²) in [7, 11) is 0. The molecule has 0 radical (unpaired) electrons. The molecule has 0 N–H and O–H groups in total. The molecule has 0 rings (SSSR count). The van der Waals surface area contributed by atoms with Gasteiger partial charge in [0.25, 0.3) is 0 Å². The fraction of sp³-hybridized carbons (Fsp3) is 0.895. The minimum Gasteiger partial charge on any atom is -0.652 e. The minimum atomic E-state index is -2.33. The van der Waals surface area contributed by atoms with E-state index in [0.717, 1.165) is 12.8 Å². The molecule has 7 heteroatoms. The fourth-order valence-corrected chi connectivity index (χ4v) is 2.64. The van der Waals surface area contributed by atoms with E-state index in [9.17, 15) is 9.90 Å². The van der Waals surface area contributed by atoms with E-state index >= 15 is 0 Å². The molecule has 0 bridgehead atoms. The number of unbranched alkanes of at least 4 members (excludes halogenated alkanes) is 14. The normalized spacial score (nSPS) is 9.27. The molecule has 144 valence electrons. The summed E-state index contributed by atoms with van der Waals surface area (Å²) in [5.41, 5.74) is 0. The minimum absolute atomic E-state index is 0. The average Bonchev–Trinajstić information content (AvgIpc) is 2.50. The first-order chi connectivity index (χ1) is 11.5. The monoisotopic (exact) mass is 390 g/mol. The van der Waals surface area contributed by atoms with Crippen LogP contribution in [-0.2, 0) is 4.79 Å². The zero-order valence-corrected chi connectivity index (χ0v) is 20.5. The molecule has 5 nitrogen and oxygen atoms in total. The Morgan fingerprint density at radius 3 is 1.04 bits per heavy atom. The number of rotatable bonds is 16. The number of aliphatic carboxylic acids is 1. The summed E-state index contributed by atoms with van der Waals surface area (Å²) in [6.07, 6.45) is 17.5. The van der Waals surface area contributed by atoms with Crippen LogP contribution in [0.15, 0.2) is 0 Å². The summed E-state index contributed by atoms with van der Waals surface area (Å²) in [4.78, 5) is 18.6. The molecule has 0 unspecified atom stereocenters. The van der Waals surface area contributed by atoms with Crippen molar-refractivity contribution in [1.82, 2.24) is 0 Å². The Balaban J connectivity index is -0.000000363. The van der Waals surface area contributed by atoms with Crippen molar-refractivity contribution < 1.29 is 54.5 Å². The van der Waals surface area contributed by atoms with Gasteiger partial charge in [-0.2, -0.15) is 0 Å². The van der Waals surface area contributed by atoms with E-state index in [2.05, 4.69) is 6.92 Å². The van der Waals surface area contributed by atoms with Crippen molar-refractivity contribution in [1.29, 1.82) is 0 Å². The zero-order valence-electron chi connectivity index (χ0n) is 17.1. The van der Waals surface area contributed by atoms with Crippen molar-refractivity contribution in [2.45, 2.75) is 110 Å². The maximum Gasteiger partial charge on any atom is 2.00 e. The van der Waals surface area contributed by atoms with Gasteiger partial charge >= 0.3 is 52.6 Å². The van der Waals surface area contributed by atoms with Gasteiger partial charge in [-0.05, 0) is 19.0 Å². The van der Waals surface area contributed by atoms with Gasteiger partial charge in [0.05, 0.1) is 0 Å². The number of carbonyl (C=O) groups excluding carboxylic acids is 2. The Bertz CT molecular complexity index is 287. The van der Waals surface area contributed by atoms with E-state index in [1.807, 2.05) is 0 Å². The van der Waals surface area contributed by atoms with Crippen LogP contribution in [0.2, 0.25) is 0 Å². The van der Waals surface area contributed by atoms with Gasteiger partial charge < -0.3 is 24.9 Å². The second-order valence-corrected chi connectivity index (χ2v) is 6.32. The molecule has 0 saturated heterocycles. The predicted molar refractivity (Wildman–Crippen MR) is 95.7 cm³/mol. The summed E-state index contributed by atoms with van der Waals surface area (Å²) >= 11 is 0. The average molecular weight is 391 g/mol. The third-order valence-corrected chi connectivity index (χ3v) is 3.98. The van der Waals surface area contributed by atoms with Gasteiger partial charge in [-0.25, -0.2) is 0 Å². The van der Waals surface area contributed by atoms with Gasteiger partial charge in [-0.1, -0.05) is 96.8 Å². The van der Waals surface area contributed by atoms with E-state index in [4.69, 9.17) is 15.0 Å². The van der Waals surface area contributed by atoms with E-state index in [1.165, 1.54) is 83.5 Å². The molecular formula is C19H35MgNaO5. The molecule has 0 aromatic heterocycles. The van der Waals surface area contributed by atoms with Gasteiger partial charge in [0.1, 0.15) is 0 Å². The summed E-state index contributed by atoms with van der Waals surface area (Å²) in [6, 6.07) is 0. The molecule has 0 amide bonds. The SMILES string of the molecule is CCCCCCCCCCCCCCCCCC(=O)[O-].O=C([O-])[O-].[Mg+2].[Na+]. The van der Waals surface area contributed by atoms with Crippen LogP contribution >= 0.6 is 0 Å². The first kappa shape index (κ1) is 34.0. The molecule has 0 atom stereocenters. The van der Waals surface area contributed by atoms with Crippen molar-refractivity contribution in [3.8, 4) is 0 Å². The van der Waals surface area contributed by atoms with Crippen LogP contribution in [0, 0.1) is 0 Å². The van der Waals surface area contributed by atoms with E-state index < -0.39 is 12.1 Å². The maximum absolute atomic E-state index is 10.2. The number of carbonyl (C=O) groups is 2. The Morgan fingerprint density at radius 2 is 0.808 bits per heavy atom. The molecule has 0 aliphatic rings. The predicted octanol–water partition coefficient (Wildman–Crippen LogP) is -0.826. The van der Waals surface area contributed by atoms with Crippen molar-refractivity contribution in [2.24, 2.45) is 0 Å². The van der Waals surface area contributed by atoms with Gasteiger partial charge in [0, 0.05) is 5.97 Å². The maximum atomic E-state index is 10.2. The Morgan fingerprint density at radius 1 is 0.577 bits per heavy atom. The Hall–Kier alpha value is 0.506. The summed E-state index contributed by atoms with van der Waals surface area (Å²) in [5, 5.41) is 26.9. The summed E-state index contributed by atoms with van der Waals surface area (Å²) in [6.45, 7) is 2.27. The molecular weight excluding hydrogens is 355 g/mol. The molecule has 0 aliphatic heterocycles. The van der Waals surface area contributed by atoms with E-state index in [-0.39, 0.29) is 59.0 Å². The summed E-state index contributed by atoms with van der Waals surface area (Å²) in [5.74, 6) is -0.903. The second-order valence-electron chi connectivity index (χ2n) is 6.32. The van der Waals surface area contributed by atoms with E-state index in [0.29, 0.717) is 0 Å². The Kier molecular flexibility index (Phi) is 39.6. The number of hydrogen-bond donors (Lipinski definition) is 0. The Labute approximate surface area is 198 Å². The zero-order chi connectivity index (χ0) is 18.5. The first-order valence-electron chi connectivity index (χ1n) is 9.58. The first-order valence-corrected chi connectivity index (χ1v) is 9.58. The van der Waals surface area contributed by atoms with Crippen molar-refractivity contribution in [2.75, 3.05) is 0 Å². The number of carboxylic acid groups (broad SMARTS) is 3. The summed E-state index contributed by atoms with van der Waals surface area (Å²) < 4.78 is 0. The molecule has 0 heterocycles. The largest absolute Gasteiger partial charge is 2.00 e. The van der Waals surface area contributed by atoms with Crippen LogP contribution in [0.1, 0.15) is 110 Å². The second kappa shape index (κ2) is 30.2. The van der Waals surface area contributed by atoms with Crippen LogP contribution in [0.25, 0.3) is 0 Å². The van der Waals surface area contributed by atoms with Gasteiger partial charge in [-0.15, -0.1) is 0 Å². The molecule has 0 aliphatic carbocycles. The van der Waals surface area contributed by atoms with Gasteiger partial charge in [0.2, 0.25) is 0 Å². The fourth-order valence-electron chi connectivity index (χ4n) is 2.64. The van der Waals surface area contributed by atoms with E-state index in [1.54, 1.807) is 0 Å². The van der Waals surface area contributed by atoms with Gasteiger partial charge in [0.15, 0.2) is 0 Å². The number of hydrogen-bond acceptors (Lipinski definition) is 5. The molecule has 0 fully saturated rings. The van der Waals surface area contributed by atoms with Crippen LogP contribution in [0.4, 0.5) is 4.79 Å².